The highest BCUT2D eigenvalue weighted by atomic mass is 19.4. The van der Waals surface area contributed by atoms with E-state index in [1.807, 2.05) is 0 Å². The highest BCUT2D eigenvalue weighted by molar-refractivity contribution is 5.99. The number of aliphatic hydroxyl groups is 1. The minimum atomic E-state index is -5.27. The van der Waals surface area contributed by atoms with Crippen molar-refractivity contribution in [2.45, 2.75) is 44.4 Å². The molecule has 3 rings (SSSR count). The van der Waals surface area contributed by atoms with Crippen LogP contribution >= 0.6 is 0 Å². The summed E-state index contributed by atoms with van der Waals surface area (Å²) in [5.41, 5.74) is -5.06. The van der Waals surface area contributed by atoms with Gasteiger partial charge in [-0.1, -0.05) is 37.2 Å². The molecular formula is C23H23F3N2O5. The van der Waals surface area contributed by atoms with E-state index in [9.17, 15) is 27.9 Å². The zero-order chi connectivity index (χ0) is 24.6. The maximum absolute atomic E-state index is 14.1. The van der Waals surface area contributed by atoms with E-state index in [4.69, 9.17) is 4.74 Å². The third-order valence-corrected chi connectivity index (χ3v) is 5.53. The molecule has 1 unspecified atom stereocenters. The second kappa shape index (κ2) is 8.51. The molecule has 1 atom stereocenters. The predicted molar refractivity (Wildman–Crippen MR) is 115 cm³/mol. The molecule has 2 N–H and O–H groups in total. The number of aryl methyl sites for hydroxylation is 1. The van der Waals surface area contributed by atoms with Crippen LogP contribution in [0.3, 0.4) is 0 Å². The van der Waals surface area contributed by atoms with Crippen LogP contribution in [0.2, 0.25) is 0 Å². The molecule has 0 bridgehead atoms. The second-order valence-corrected chi connectivity index (χ2v) is 8.39. The van der Waals surface area contributed by atoms with Crippen LogP contribution in [0.5, 0.6) is 5.75 Å². The number of methoxy groups -OCH3 is 1. The lowest BCUT2D eigenvalue weighted by Crippen LogP contribution is -2.57. The Bertz CT molecular complexity index is 1250. The monoisotopic (exact) mass is 464 g/mol. The molecule has 1 heterocycles. The molecule has 0 saturated carbocycles. The van der Waals surface area contributed by atoms with Gasteiger partial charge in [-0.3, -0.25) is 4.79 Å². The van der Waals surface area contributed by atoms with Crippen molar-refractivity contribution in [2.75, 3.05) is 12.4 Å². The van der Waals surface area contributed by atoms with Crippen LogP contribution in [-0.4, -0.2) is 35.1 Å². The van der Waals surface area contributed by atoms with E-state index in [1.54, 1.807) is 31.2 Å². The van der Waals surface area contributed by atoms with Gasteiger partial charge in [0, 0.05) is 17.5 Å². The van der Waals surface area contributed by atoms with Gasteiger partial charge in [0.05, 0.1) is 18.2 Å². The Morgan fingerprint density at radius 1 is 1.15 bits per heavy atom. The molecule has 2 aromatic carbocycles. The smallest absolute Gasteiger partial charge is 0.426 e. The van der Waals surface area contributed by atoms with Gasteiger partial charge < -0.3 is 19.7 Å². The van der Waals surface area contributed by atoms with Crippen LogP contribution in [0.1, 0.15) is 31.5 Å². The lowest BCUT2D eigenvalue weighted by atomic mass is 9.74. The van der Waals surface area contributed by atoms with Crippen molar-refractivity contribution in [3.05, 3.63) is 64.1 Å². The summed E-state index contributed by atoms with van der Waals surface area (Å²) in [6.45, 7) is 4.51. The Morgan fingerprint density at radius 2 is 1.82 bits per heavy atom. The lowest BCUT2D eigenvalue weighted by molar-refractivity contribution is -0.254. The van der Waals surface area contributed by atoms with Crippen molar-refractivity contribution >= 4 is 22.4 Å². The molecule has 0 fully saturated rings. The number of fused-ring (bicyclic) bond motifs is 1. The highest BCUT2D eigenvalue weighted by Gasteiger charge is 2.61. The number of amides is 1. The largest absolute Gasteiger partial charge is 0.496 e. The summed E-state index contributed by atoms with van der Waals surface area (Å²) in [7, 11) is 1.38. The Kier molecular flexibility index (Phi) is 6.25. The van der Waals surface area contributed by atoms with Crippen molar-refractivity contribution in [3.8, 4) is 5.75 Å². The van der Waals surface area contributed by atoms with E-state index in [2.05, 4.69) is 15.0 Å². The topological polar surface area (TPSA) is 102 Å². The summed E-state index contributed by atoms with van der Waals surface area (Å²) >= 11 is 0. The maximum atomic E-state index is 14.1. The Morgan fingerprint density at radius 3 is 2.45 bits per heavy atom. The number of para-hydroxylation sites is 1. The standard InChI is InChI=1S/C23H23F3N2O5/c1-13-16-11-14(9-10-15(16)19(29)33-28-13)27-20(30)22(31,23(24,25)26)12-21(2,3)17-7-5-6-8-18(17)32-4/h5-11,31H,12H2,1-4H3,(H,27,30). The third kappa shape index (κ3) is 4.56. The molecule has 0 aliphatic carbocycles. The molecule has 10 heteroatoms. The van der Waals surface area contributed by atoms with Crippen LogP contribution in [0.25, 0.3) is 10.8 Å². The molecule has 3 aromatic rings. The van der Waals surface area contributed by atoms with Gasteiger partial charge in [-0.2, -0.15) is 13.2 Å². The first-order chi connectivity index (χ1) is 15.3. The van der Waals surface area contributed by atoms with Gasteiger partial charge >= 0.3 is 11.8 Å². The highest BCUT2D eigenvalue weighted by Crippen LogP contribution is 2.44. The molecule has 0 aliphatic heterocycles. The molecule has 1 aromatic heterocycles. The lowest BCUT2D eigenvalue weighted by Gasteiger charge is -2.37. The molecule has 1 amide bonds. The van der Waals surface area contributed by atoms with Crippen molar-refractivity contribution in [1.29, 1.82) is 0 Å². The quantitative estimate of drug-likeness (QED) is 0.570. The zero-order valence-corrected chi connectivity index (χ0v) is 18.4. The number of alkyl halides is 3. The molecule has 33 heavy (non-hydrogen) atoms. The van der Waals surface area contributed by atoms with Crippen molar-refractivity contribution < 1.29 is 32.3 Å². The number of ether oxygens (including phenoxy) is 1. The summed E-state index contributed by atoms with van der Waals surface area (Å²) in [4.78, 5) is 24.6. The van der Waals surface area contributed by atoms with Crippen LogP contribution in [-0.2, 0) is 10.2 Å². The second-order valence-electron chi connectivity index (χ2n) is 8.39. The number of nitrogens with one attached hydrogen (secondary N) is 1. The first kappa shape index (κ1) is 24.2. The van der Waals surface area contributed by atoms with E-state index in [0.717, 1.165) is 0 Å². The number of halogens is 3. The summed E-state index contributed by atoms with van der Waals surface area (Å²) in [6, 6.07) is 10.3. The number of rotatable bonds is 6. The fraction of sp³-hybridized carbons (Fsp3) is 0.348. The molecule has 0 radical (unpaired) electrons. The molecule has 7 nitrogen and oxygen atoms in total. The minimum Gasteiger partial charge on any atom is -0.496 e. The normalized spacial score (nSPS) is 14.1. The average molecular weight is 464 g/mol. The van der Waals surface area contributed by atoms with Crippen LogP contribution in [0, 0.1) is 6.92 Å². The van der Waals surface area contributed by atoms with Gasteiger partial charge in [0.25, 0.3) is 5.91 Å². The van der Waals surface area contributed by atoms with Gasteiger partial charge in [0.2, 0.25) is 5.60 Å². The van der Waals surface area contributed by atoms with Crippen LogP contribution in [0.15, 0.2) is 51.8 Å². The van der Waals surface area contributed by atoms with Gasteiger partial charge in [0.15, 0.2) is 0 Å². The molecule has 176 valence electrons. The van der Waals surface area contributed by atoms with Gasteiger partial charge in [0.1, 0.15) is 5.75 Å². The molecular weight excluding hydrogens is 441 g/mol. The SMILES string of the molecule is COc1ccccc1C(C)(C)CC(O)(C(=O)Nc1ccc2c(=O)onc(C)c2c1)C(F)(F)F. The van der Waals surface area contributed by atoms with E-state index in [-0.39, 0.29) is 11.1 Å². The Labute approximate surface area is 187 Å². The zero-order valence-electron chi connectivity index (χ0n) is 18.4. The molecule has 0 aliphatic rings. The average Bonchev–Trinajstić information content (AvgIpc) is 2.75. The van der Waals surface area contributed by atoms with E-state index in [0.29, 0.717) is 22.4 Å². The Balaban J connectivity index is 1.99. The minimum absolute atomic E-state index is 0.0410. The van der Waals surface area contributed by atoms with Gasteiger partial charge in [-0.25, -0.2) is 4.79 Å². The van der Waals surface area contributed by atoms with Crippen LogP contribution in [0.4, 0.5) is 18.9 Å². The number of benzene rings is 2. The predicted octanol–water partition coefficient (Wildman–Crippen LogP) is 4.10. The number of hydrogen-bond acceptors (Lipinski definition) is 6. The van der Waals surface area contributed by atoms with Crippen molar-refractivity contribution in [2.24, 2.45) is 0 Å². The van der Waals surface area contributed by atoms with Gasteiger partial charge in [-0.15, -0.1) is 0 Å². The summed E-state index contributed by atoms with van der Waals surface area (Å²) in [5.74, 6) is -1.31. The summed E-state index contributed by atoms with van der Waals surface area (Å²) in [5, 5.41) is 16.9. The molecule has 0 saturated heterocycles. The van der Waals surface area contributed by atoms with Crippen LogP contribution < -0.4 is 15.7 Å². The summed E-state index contributed by atoms with van der Waals surface area (Å²) < 4.78 is 52.0. The van der Waals surface area contributed by atoms with E-state index >= 15 is 0 Å². The van der Waals surface area contributed by atoms with E-state index < -0.39 is 35.1 Å². The number of nitrogens with zero attached hydrogens (tertiary/aromatic N) is 1. The number of aromatic nitrogens is 1. The fourth-order valence-electron chi connectivity index (χ4n) is 3.79. The third-order valence-electron chi connectivity index (χ3n) is 5.53. The first-order valence-corrected chi connectivity index (χ1v) is 9.94. The maximum Gasteiger partial charge on any atom is 0.426 e. The van der Waals surface area contributed by atoms with Gasteiger partial charge in [-0.05, 0) is 42.2 Å². The number of anilines is 1. The number of carbonyl (C=O) groups is 1. The fourth-order valence-corrected chi connectivity index (χ4v) is 3.79. The number of hydrogen-bond donors (Lipinski definition) is 2. The first-order valence-electron chi connectivity index (χ1n) is 9.94. The van der Waals surface area contributed by atoms with Crippen molar-refractivity contribution in [3.63, 3.8) is 0 Å². The van der Waals surface area contributed by atoms with E-state index in [1.165, 1.54) is 39.2 Å². The Hall–Kier alpha value is -3.40. The summed E-state index contributed by atoms with van der Waals surface area (Å²) in [6.07, 6.45) is -6.24. The van der Waals surface area contributed by atoms with Crippen molar-refractivity contribution in [1.82, 2.24) is 5.16 Å². The number of carbonyl (C=O) groups excluding carboxylic acids is 1. The molecule has 0 spiro atoms.